The largest absolute Gasteiger partial charge is 0.297 e. The molecule has 0 spiro atoms. The minimum atomic E-state index is -0.503. The van der Waals surface area contributed by atoms with Crippen LogP contribution in [-0.4, -0.2) is 15.6 Å². The van der Waals surface area contributed by atoms with Crippen LogP contribution in [0.4, 0.5) is 0 Å². The van der Waals surface area contributed by atoms with E-state index in [1.165, 1.54) is 4.68 Å². The summed E-state index contributed by atoms with van der Waals surface area (Å²) < 4.78 is 1.26. The Bertz CT molecular complexity index is 616. The third kappa shape index (κ3) is 1.98. The van der Waals surface area contributed by atoms with E-state index in [2.05, 4.69) is 5.10 Å². The number of rotatable bonds is 3. The quantitative estimate of drug-likeness (QED) is 0.809. The zero-order valence-corrected chi connectivity index (χ0v) is 9.88. The van der Waals surface area contributed by atoms with Crippen LogP contribution in [0.1, 0.15) is 26.3 Å². The summed E-state index contributed by atoms with van der Waals surface area (Å²) in [7, 11) is 0. The molecule has 1 aromatic heterocycles. The van der Waals surface area contributed by atoms with Crippen molar-refractivity contribution in [1.82, 2.24) is 9.78 Å². The SMILES string of the molecule is CCC(=O)C(C)n1ncc2ccccc2c1=O. The predicted octanol–water partition coefficient (Wildman–Crippen LogP) is 1.94. The minimum Gasteiger partial charge on any atom is -0.297 e. The van der Waals surface area contributed by atoms with Gasteiger partial charge in [-0.2, -0.15) is 5.10 Å². The highest BCUT2D eigenvalue weighted by molar-refractivity contribution is 5.83. The van der Waals surface area contributed by atoms with Crippen molar-refractivity contribution >= 4 is 16.6 Å². The van der Waals surface area contributed by atoms with Gasteiger partial charge in [0.1, 0.15) is 6.04 Å². The molecule has 0 fully saturated rings. The first-order chi connectivity index (χ1) is 8.15. The lowest BCUT2D eigenvalue weighted by Gasteiger charge is -2.12. The Balaban J connectivity index is 2.61. The van der Waals surface area contributed by atoms with Crippen LogP contribution in [-0.2, 0) is 4.79 Å². The van der Waals surface area contributed by atoms with Crippen molar-refractivity contribution in [2.24, 2.45) is 0 Å². The molecule has 2 rings (SSSR count). The number of carbonyl (C=O) groups is 1. The first-order valence-corrected chi connectivity index (χ1v) is 5.64. The van der Waals surface area contributed by atoms with E-state index in [1.54, 1.807) is 32.2 Å². The van der Waals surface area contributed by atoms with Crippen LogP contribution < -0.4 is 5.56 Å². The molecule has 0 saturated heterocycles. The van der Waals surface area contributed by atoms with Gasteiger partial charge in [0.15, 0.2) is 5.78 Å². The van der Waals surface area contributed by atoms with Crippen LogP contribution in [0.2, 0.25) is 0 Å². The van der Waals surface area contributed by atoms with Crippen LogP contribution in [0.3, 0.4) is 0 Å². The van der Waals surface area contributed by atoms with Crippen molar-refractivity contribution < 1.29 is 4.79 Å². The van der Waals surface area contributed by atoms with Gasteiger partial charge in [-0.15, -0.1) is 0 Å². The van der Waals surface area contributed by atoms with E-state index in [9.17, 15) is 9.59 Å². The summed E-state index contributed by atoms with van der Waals surface area (Å²) in [6.07, 6.45) is 2.03. The van der Waals surface area contributed by atoms with Gasteiger partial charge in [-0.3, -0.25) is 9.59 Å². The van der Waals surface area contributed by atoms with Crippen molar-refractivity contribution in [3.63, 3.8) is 0 Å². The monoisotopic (exact) mass is 230 g/mol. The second-order valence-corrected chi connectivity index (χ2v) is 3.98. The molecule has 0 aliphatic rings. The third-order valence-corrected chi connectivity index (χ3v) is 2.90. The average Bonchev–Trinajstić information content (AvgIpc) is 2.38. The third-order valence-electron chi connectivity index (χ3n) is 2.90. The van der Waals surface area contributed by atoms with E-state index in [-0.39, 0.29) is 11.3 Å². The standard InChI is InChI=1S/C13H14N2O2/c1-3-12(16)9(2)15-13(17)11-7-5-4-6-10(11)8-14-15/h4-9H,3H2,1-2H3. The lowest BCUT2D eigenvalue weighted by atomic mass is 10.1. The maximum Gasteiger partial charge on any atom is 0.275 e. The zero-order valence-electron chi connectivity index (χ0n) is 9.88. The Hall–Kier alpha value is -1.97. The highest BCUT2D eigenvalue weighted by atomic mass is 16.1. The van der Waals surface area contributed by atoms with Crippen molar-refractivity contribution in [2.75, 3.05) is 0 Å². The Morgan fingerprint density at radius 1 is 1.41 bits per heavy atom. The van der Waals surface area contributed by atoms with Gasteiger partial charge in [-0.1, -0.05) is 25.1 Å². The lowest BCUT2D eigenvalue weighted by molar-refractivity contribution is -0.121. The summed E-state index contributed by atoms with van der Waals surface area (Å²) in [4.78, 5) is 23.7. The van der Waals surface area contributed by atoms with Gasteiger partial charge in [0.05, 0.1) is 11.6 Å². The number of aromatic nitrogens is 2. The molecule has 1 atom stereocenters. The van der Waals surface area contributed by atoms with Gasteiger partial charge >= 0.3 is 0 Å². The molecule has 0 saturated carbocycles. The highest BCUT2D eigenvalue weighted by Crippen LogP contribution is 2.10. The maximum absolute atomic E-state index is 12.1. The smallest absolute Gasteiger partial charge is 0.275 e. The normalized spacial score (nSPS) is 12.6. The molecule has 0 aliphatic heterocycles. The van der Waals surface area contributed by atoms with Crippen LogP contribution in [0.15, 0.2) is 35.3 Å². The molecule has 1 heterocycles. The molecule has 0 bridgehead atoms. The lowest BCUT2D eigenvalue weighted by Crippen LogP contribution is -2.29. The van der Waals surface area contributed by atoms with Crippen molar-refractivity contribution in [3.05, 3.63) is 40.8 Å². The number of hydrogen-bond donors (Lipinski definition) is 0. The highest BCUT2D eigenvalue weighted by Gasteiger charge is 2.16. The molecular weight excluding hydrogens is 216 g/mol. The van der Waals surface area contributed by atoms with E-state index in [0.29, 0.717) is 11.8 Å². The molecule has 2 aromatic rings. The first-order valence-electron chi connectivity index (χ1n) is 5.64. The predicted molar refractivity (Wildman–Crippen MR) is 66.0 cm³/mol. The van der Waals surface area contributed by atoms with Crippen molar-refractivity contribution in [3.8, 4) is 0 Å². The number of carbonyl (C=O) groups excluding carboxylic acids is 1. The molecule has 0 N–H and O–H groups in total. The Labute approximate surface area is 98.9 Å². The van der Waals surface area contributed by atoms with Gasteiger partial charge in [-0.25, -0.2) is 4.68 Å². The molecule has 88 valence electrons. The molecular formula is C13H14N2O2. The van der Waals surface area contributed by atoms with Gasteiger partial charge in [0.2, 0.25) is 0 Å². The fourth-order valence-electron chi connectivity index (χ4n) is 1.81. The second-order valence-electron chi connectivity index (χ2n) is 3.98. The second kappa shape index (κ2) is 4.49. The molecule has 1 unspecified atom stereocenters. The molecule has 0 radical (unpaired) electrons. The van der Waals surface area contributed by atoms with Gasteiger partial charge in [0.25, 0.3) is 5.56 Å². The van der Waals surface area contributed by atoms with Gasteiger partial charge in [-0.05, 0) is 13.0 Å². The van der Waals surface area contributed by atoms with Crippen molar-refractivity contribution in [1.29, 1.82) is 0 Å². The summed E-state index contributed by atoms with van der Waals surface area (Å²) in [6, 6.07) is 6.74. The fourth-order valence-corrected chi connectivity index (χ4v) is 1.81. The van der Waals surface area contributed by atoms with Crippen LogP contribution in [0.5, 0.6) is 0 Å². The molecule has 4 nitrogen and oxygen atoms in total. The van der Waals surface area contributed by atoms with Crippen LogP contribution in [0, 0.1) is 0 Å². The Morgan fingerprint density at radius 2 is 2.12 bits per heavy atom. The van der Waals surface area contributed by atoms with Gasteiger partial charge in [0, 0.05) is 11.8 Å². The van der Waals surface area contributed by atoms with Crippen LogP contribution in [0.25, 0.3) is 10.8 Å². The Morgan fingerprint density at radius 3 is 2.82 bits per heavy atom. The number of Topliss-reactive ketones (excluding diaryl/α,β-unsaturated/α-hetero) is 1. The molecule has 0 aliphatic carbocycles. The van der Waals surface area contributed by atoms with Gasteiger partial charge < -0.3 is 0 Å². The van der Waals surface area contributed by atoms with E-state index >= 15 is 0 Å². The van der Waals surface area contributed by atoms with Crippen LogP contribution >= 0.6 is 0 Å². The summed E-state index contributed by atoms with van der Waals surface area (Å²) in [5, 5.41) is 5.45. The molecule has 4 heteroatoms. The summed E-state index contributed by atoms with van der Waals surface area (Å²) in [5.74, 6) is 0.00915. The van der Waals surface area contributed by atoms with E-state index in [1.807, 2.05) is 12.1 Å². The number of ketones is 1. The fraction of sp³-hybridized carbons (Fsp3) is 0.308. The minimum absolute atomic E-state index is 0.00915. The number of benzene rings is 1. The summed E-state index contributed by atoms with van der Waals surface area (Å²) >= 11 is 0. The van der Waals surface area contributed by atoms with E-state index < -0.39 is 6.04 Å². The number of nitrogens with zero attached hydrogens (tertiary/aromatic N) is 2. The Kier molecular flexibility index (Phi) is 3.04. The number of hydrogen-bond acceptors (Lipinski definition) is 3. The van der Waals surface area contributed by atoms with E-state index in [4.69, 9.17) is 0 Å². The number of fused-ring (bicyclic) bond motifs is 1. The topological polar surface area (TPSA) is 52.0 Å². The zero-order chi connectivity index (χ0) is 12.4. The summed E-state index contributed by atoms with van der Waals surface area (Å²) in [5.41, 5.74) is -0.211. The molecule has 0 amide bonds. The maximum atomic E-state index is 12.1. The average molecular weight is 230 g/mol. The van der Waals surface area contributed by atoms with E-state index in [0.717, 1.165) is 5.39 Å². The first kappa shape index (κ1) is 11.5. The summed E-state index contributed by atoms with van der Waals surface area (Å²) in [6.45, 7) is 3.49. The molecule has 1 aromatic carbocycles. The van der Waals surface area contributed by atoms with Crippen molar-refractivity contribution in [2.45, 2.75) is 26.3 Å². The molecule has 17 heavy (non-hydrogen) atoms.